The largest absolute Gasteiger partial charge is 0.416 e. The van der Waals surface area contributed by atoms with Gasteiger partial charge in [-0.05, 0) is 37.0 Å². The minimum Gasteiger partial charge on any atom is -0.394 e. The van der Waals surface area contributed by atoms with Gasteiger partial charge in [-0.3, -0.25) is 0 Å². The predicted molar refractivity (Wildman–Crippen MR) is 86.0 cm³/mol. The number of rotatable bonds is 9. The minimum absolute atomic E-state index is 0. The molecule has 0 saturated heterocycles. The number of nitrogens with zero attached hydrogens (tertiary/aromatic N) is 1. The Balaban J connectivity index is 0.00000484. The van der Waals surface area contributed by atoms with Crippen LogP contribution in [0.5, 0.6) is 0 Å². The SMILES string of the molecule is COCCCC/C(=N\OCCN)c1ccc(C(F)(F)F)cc1.Cl. The van der Waals surface area contributed by atoms with Gasteiger partial charge in [0.15, 0.2) is 0 Å². The topological polar surface area (TPSA) is 56.8 Å². The summed E-state index contributed by atoms with van der Waals surface area (Å²) in [5.41, 5.74) is 5.87. The van der Waals surface area contributed by atoms with Gasteiger partial charge >= 0.3 is 6.18 Å². The van der Waals surface area contributed by atoms with E-state index in [-0.39, 0.29) is 19.0 Å². The minimum atomic E-state index is -4.34. The van der Waals surface area contributed by atoms with Gasteiger partial charge in [0, 0.05) is 20.3 Å². The van der Waals surface area contributed by atoms with Gasteiger partial charge in [-0.25, -0.2) is 0 Å². The van der Waals surface area contributed by atoms with Crippen LogP contribution in [0.15, 0.2) is 29.4 Å². The molecule has 0 aliphatic carbocycles. The highest BCUT2D eigenvalue weighted by atomic mass is 35.5. The first kappa shape index (κ1) is 21.7. The highest BCUT2D eigenvalue weighted by molar-refractivity contribution is 6.00. The fourth-order valence-electron chi connectivity index (χ4n) is 1.81. The lowest BCUT2D eigenvalue weighted by Crippen LogP contribution is -2.09. The standard InChI is InChI=1S/C15H21F3N2O2.ClH/c1-21-10-3-2-4-14(20-22-11-9-19)12-5-7-13(8-6-12)15(16,17)18;/h5-8H,2-4,9-11,19H2,1H3;1H/b20-14+;. The van der Waals surface area contributed by atoms with Gasteiger partial charge in [0.1, 0.15) is 6.61 Å². The lowest BCUT2D eigenvalue weighted by atomic mass is 10.0. The number of methoxy groups -OCH3 is 1. The summed E-state index contributed by atoms with van der Waals surface area (Å²) in [7, 11) is 1.62. The molecule has 132 valence electrons. The van der Waals surface area contributed by atoms with Gasteiger partial charge in [-0.2, -0.15) is 13.2 Å². The third-order valence-electron chi connectivity index (χ3n) is 2.94. The van der Waals surface area contributed by atoms with Crippen molar-refractivity contribution in [3.8, 4) is 0 Å². The molecule has 0 aliphatic heterocycles. The van der Waals surface area contributed by atoms with Gasteiger partial charge < -0.3 is 15.3 Å². The molecule has 0 unspecified atom stereocenters. The molecule has 0 aliphatic rings. The summed E-state index contributed by atoms with van der Waals surface area (Å²) in [6.07, 6.45) is -2.10. The molecule has 0 amide bonds. The Morgan fingerprint density at radius 1 is 1.13 bits per heavy atom. The molecule has 0 bridgehead atoms. The average Bonchev–Trinajstić information content (AvgIpc) is 2.49. The number of unbranched alkanes of at least 4 members (excludes halogenated alkanes) is 1. The van der Waals surface area contributed by atoms with Crippen molar-refractivity contribution in [3.05, 3.63) is 35.4 Å². The Kier molecular flexibility index (Phi) is 10.6. The van der Waals surface area contributed by atoms with Crippen molar-refractivity contribution >= 4 is 18.1 Å². The maximum absolute atomic E-state index is 12.6. The first-order chi connectivity index (χ1) is 10.5. The van der Waals surface area contributed by atoms with E-state index in [1.807, 2.05) is 0 Å². The fourth-order valence-corrected chi connectivity index (χ4v) is 1.81. The monoisotopic (exact) mass is 354 g/mol. The van der Waals surface area contributed by atoms with Crippen molar-refractivity contribution in [2.75, 3.05) is 26.9 Å². The molecule has 23 heavy (non-hydrogen) atoms. The smallest absolute Gasteiger partial charge is 0.394 e. The van der Waals surface area contributed by atoms with Crippen LogP contribution < -0.4 is 5.73 Å². The van der Waals surface area contributed by atoms with Gasteiger partial charge in [0.2, 0.25) is 0 Å². The van der Waals surface area contributed by atoms with E-state index in [1.54, 1.807) is 7.11 Å². The summed E-state index contributed by atoms with van der Waals surface area (Å²) in [6, 6.07) is 4.90. The maximum atomic E-state index is 12.6. The van der Waals surface area contributed by atoms with E-state index in [2.05, 4.69) is 5.16 Å². The van der Waals surface area contributed by atoms with E-state index >= 15 is 0 Å². The first-order valence-corrected chi connectivity index (χ1v) is 7.04. The number of benzene rings is 1. The Morgan fingerprint density at radius 2 is 1.78 bits per heavy atom. The number of alkyl halides is 3. The number of oxime groups is 1. The van der Waals surface area contributed by atoms with Crippen LogP contribution in [0.4, 0.5) is 13.2 Å². The lowest BCUT2D eigenvalue weighted by molar-refractivity contribution is -0.137. The molecule has 0 spiro atoms. The summed E-state index contributed by atoms with van der Waals surface area (Å²) < 4.78 is 42.7. The van der Waals surface area contributed by atoms with Crippen LogP contribution in [0.25, 0.3) is 0 Å². The van der Waals surface area contributed by atoms with Crippen LogP contribution in [0, 0.1) is 0 Å². The summed E-state index contributed by atoms with van der Waals surface area (Å²) in [6.45, 7) is 1.22. The second kappa shape index (κ2) is 11.3. The molecular formula is C15H22ClF3N2O2. The first-order valence-electron chi connectivity index (χ1n) is 7.04. The molecule has 0 atom stereocenters. The van der Waals surface area contributed by atoms with Crippen LogP contribution in [0.2, 0.25) is 0 Å². The normalized spacial score (nSPS) is 12.0. The molecule has 0 aromatic heterocycles. The molecule has 8 heteroatoms. The van der Waals surface area contributed by atoms with Crippen molar-refractivity contribution in [2.45, 2.75) is 25.4 Å². The molecule has 1 rings (SSSR count). The van der Waals surface area contributed by atoms with Crippen molar-refractivity contribution in [1.29, 1.82) is 0 Å². The van der Waals surface area contributed by atoms with Crippen LogP contribution in [-0.4, -0.2) is 32.6 Å². The molecule has 4 nitrogen and oxygen atoms in total. The summed E-state index contributed by atoms with van der Waals surface area (Å²) in [5.74, 6) is 0. The number of halogens is 4. The Morgan fingerprint density at radius 3 is 2.30 bits per heavy atom. The van der Waals surface area contributed by atoms with Crippen molar-refractivity contribution in [1.82, 2.24) is 0 Å². The highest BCUT2D eigenvalue weighted by Gasteiger charge is 2.30. The van der Waals surface area contributed by atoms with E-state index in [1.165, 1.54) is 12.1 Å². The van der Waals surface area contributed by atoms with Gasteiger partial charge in [-0.15, -0.1) is 12.4 Å². The fraction of sp³-hybridized carbons (Fsp3) is 0.533. The molecule has 0 heterocycles. The van der Waals surface area contributed by atoms with E-state index < -0.39 is 11.7 Å². The lowest BCUT2D eigenvalue weighted by Gasteiger charge is -2.10. The van der Waals surface area contributed by atoms with E-state index in [4.69, 9.17) is 15.3 Å². The summed E-state index contributed by atoms with van der Waals surface area (Å²) in [5, 5.41) is 3.99. The van der Waals surface area contributed by atoms with Crippen LogP contribution in [0.3, 0.4) is 0 Å². The number of ether oxygens (including phenoxy) is 1. The van der Waals surface area contributed by atoms with Gasteiger partial charge in [0.25, 0.3) is 0 Å². The Labute approximate surface area is 140 Å². The van der Waals surface area contributed by atoms with Crippen molar-refractivity contribution in [2.24, 2.45) is 10.9 Å². The van der Waals surface area contributed by atoms with E-state index in [0.29, 0.717) is 30.8 Å². The van der Waals surface area contributed by atoms with Gasteiger partial charge in [0.05, 0.1) is 11.3 Å². The summed E-state index contributed by atoms with van der Waals surface area (Å²) >= 11 is 0. The number of hydrogen-bond donors (Lipinski definition) is 1. The molecule has 0 radical (unpaired) electrons. The molecular weight excluding hydrogens is 333 g/mol. The zero-order valence-corrected chi connectivity index (χ0v) is 13.8. The second-order valence-electron chi connectivity index (χ2n) is 4.68. The summed E-state index contributed by atoms with van der Waals surface area (Å²) in [4.78, 5) is 5.06. The van der Waals surface area contributed by atoms with Crippen molar-refractivity contribution < 1.29 is 22.7 Å². The van der Waals surface area contributed by atoms with E-state index in [0.717, 1.165) is 25.0 Å². The van der Waals surface area contributed by atoms with Crippen LogP contribution in [0.1, 0.15) is 30.4 Å². The molecule has 0 saturated carbocycles. The third-order valence-corrected chi connectivity index (χ3v) is 2.94. The molecule has 1 aromatic rings. The number of nitrogens with two attached hydrogens (primary N) is 1. The molecule has 0 fully saturated rings. The Hall–Kier alpha value is -1.31. The van der Waals surface area contributed by atoms with Crippen molar-refractivity contribution in [3.63, 3.8) is 0 Å². The molecule has 1 aromatic carbocycles. The predicted octanol–water partition coefficient (Wildman–Crippen LogP) is 3.62. The average molecular weight is 355 g/mol. The second-order valence-corrected chi connectivity index (χ2v) is 4.68. The Bertz CT molecular complexity index is 465. The number of hydrogen-bond acceptors (Lipinski definition) is 4. The zero-order chi connectivity index (χ0) is 16.4. The maximum Gasteiger partial charge on any atom is 0.416 e. The van der Waals surface area contributed by atoms with Crippen LogP contribution >= 0.6 is 12.4 Å². The van der Waals surface area contributed by atoms with Gasteiger partial charge in [-0.1, -0.05) is 17.3 Å². The third kappa shape index (κ3) is 8.20. The highest BCUT2D eigenvalue weighted by Crippen LogP contribution is 2.29. The van der Waals surface area contributed by atoms with E-state index in [9.17, 15) is 13.2 Å². The molecule has 2 N–H and O–H groups in total. The van der Waals surface area contributed by atoms with Crippen LogP contribution in [-0.2, 0) is 15.8 Å². The zero-order valence-electron chi connectivity index (χ0n) is 12.9. The quantitative estimate of drug-likeness (QED) is 0.418.